The maximum Gasteiger partial charge on any atom is 0.268 e. The Morgan fingerprint density at radius 1 is 0.931 bits per heavy atom. The van der Waals surface area contributed by atoms with Crippen molar-refractivity contribution in [3.8, 4) is 0 Å². The fraction of sp³-hybridized carbons (Fsp3) is 0.250. The Hall–Kier alpha value is -2.92. The summed E-state index contributed by atoms with van der Waals surface area (Å²) in [5.41, 5.74) is 2.58. The van der Waals surface area contributed by atoms with Gasteiger partial charge >= 0.3 is 0 Å². The Bertz CT molecular complexity index is 977. The van der Waals surface area contributed by atoms with Crippen LogP contribution in [0.25, 0.3) is 0 Å². The number of carbonyl (C=O) groups is 2. The topological polar surface area (TPSA) is 40.6 Å². The molecule has 0 unspecified atom stereocenters. The van der Waals surface area contributed by atoms with Crippen molar-refractivity contribution in [1.82, 2.24) is 4.90 Å². The molecule has 148 valence electrons. The van der Waals surface area contributed by atoms with E-state index in [9.17, 15) is 9.59 Å². The zero-order chi connectivity index (χ0) is 20.2. The average molecular weight is 405 g/mol. The number of benzene rings is 2. The van der Waals surface area contributed by atoms with Crippen LogP contribution < -0.4 is 4.90 Å². The van der Waals surface area contributed by atoms with Crippen LogP contribution in [0.1, 0.15) is 44.4 Å². The van der Waals surface area contributed by atoms with Gasteiger partial charge in [0.25, 0.3) is 11.8 Å². The van der Waals surface area contributed by atoms with Crippen LogP contribution in [-0.2, 0) is 0 Å². The van der Waals surface area contributed by atoms with Gasteiger partial charge in [-0.15, -0.1) is 11.3 Å². The SMILES string of the molecule is CN(C(=O)c1cccs1)c1ccccc1C(=O)N1CCC(c2ccccc2)CC1. The molecule has 1 aliphatic heterocycles. The summed E-state index contributed by atoms with van der Waals surface area (Å²) in [5, 5.41) is 1.88. The molecule has 4 rings (SSSR count). The predicted molar refractivity (Wildman–Crippen MR) is 118 cm³/mol. The van der Waals surface area contributed by atoms with E-state index in [-0.39, 0.29) is 11.8 Å². The van der Waals surface area contributed by atoms with Gasteiger partial charge in [0.1, 0.15) is 0 Å². The van der Waals surface area contributed by atoms with E-state index in [0.29, 0.717) is 22.0 Å². The number of carbonyl (C=O) groups excluding carboxylic acids is 2. The highest BCUT2D eigenvalue weighted by atomic mass is 32.1. The highest BCUT2D eigenvalue weighted by molar-refractivity contribution is 7.12. The third kappa shape index (κ3) is 4.10. The maximum absolute atomic E-state index is 13.3. The van der Waals surface area contributed by atoms with Gasteiger partial charge < -0.3 is 9.80 Å². The Morgan fingerprint density at radius 2 is 1.62 bits per heavy atom. The minimum absolute atomic E-state index is 0.00191. The summed E-state index contributed by atoms with van der Waals surface area (Å²) in [6.07, 6.45) is 1.92. The molecule has 3 aromatic rings. The second-order valence-electron chi connectivity index (χ2n) is 7.34. The van der Waals surface area contributed by atoms with E-state index in [1.54, 1.807) is 11.9 Å². The Labute approximate surface area is 175 Å². The van der Waals surface area contributed by atoms with Gasteiger partial charge in [-0.05, 0) is 47.9 Å². The lowest BCUT2D eigenvalue weighted by molar-refractivity contribution is 0.0714. The molecular formula is C24H24N2O2S. The molecule has 5 heteroatoms. The first-order valence-electron chi connectivity index (χ1n) is 9.90. The lowest BCUT2D eigenvalue weighted by Crippen LogP contribution is -2.39. The number of thiophene rings is 1. The third-order valence-corrected chi connectivity index (χ3v) is 6.44. The minimum Gasteiger partial charge on any atom is -0.339 e. The molecule has 2 aromatic carbocycles. The molecule has 1 fully saturated rings. The first-order chi connectivity index (χ1) is 14.1. The molecule has 4 nitrogen and oxygen atoms in total. The minimum atomic E-state index is -0.0944. The molecule has 0 aliphatic carbocycles. The molecule has 2 amide bonds. The fourth-order valence-corrected chi connectivity index (χ4v) is 4.63. The lowest BCUT2D eigenvalue weighted by atomic mass is 9.89. The third-order valence-electron chi connectivity index (χ3n) is 5.59. The largest absolute Gasteiger partial charge is 0.339 e. The van der Waals surface area contributed by atoms with Gasteiger partial charge in [-0.3, -0.25) is 9.59 Å². The van der Waals surface area contributed by atoms with E-state index in [4.69, 9.17) is 0 Å². The van der Waals surface area contributed by atoms with E-state index in [1.165, 1.54) is 16.9 Å². The number of likely N-dealkylation sites (tertiary alicyclic amines) is 1. The van der Waals surface area contributed by atoms with Crippen molar-refractivity contribution in [2.75, 3.05) is 25.0 Å². The first kappa shape index (κ1) is 19.4. The zero-order valence-electron chi connectivity index (χ0n) is 16.5. The van der Waals surface area contributed by atoms with E-state index < -0.39 is 0 Å². The number of piperidine rings is 1. The molecule has 1 saturated heterocycles. The highest BCUT2D eigenvalue weighted by Gasteiger charge is 2.27. The maximum atomic E-state index is 13.3. The van der Waals surface area contributed by atoms with Gasteiger partial charge in [-0.2, -0.15) is 0 Å². The van der Waals surface area contributed by atoms with Crippen molar-refractivity contribution in [3.05, 3.63) is 88.1 Å². The van der Waals surface area contributed by atoms with E-state index >= 15 is 0 Å². The molecule has 1 aromatic heterocycles. The van der Waals surface area contributed by atoms with Crippen molar-refractivity contribution in [1.29, 1.82) is 0 Å². The molecule has 29 heavy (non-hydrogen) atoms. The Balaban J connectivity index is 1.49. The van der Waals surface area contributed by atoms with Gasteiger partial charge in [0.2, 0.25) is 0 Å². The molecule has 0 atom stereocenters. The second-order valence-corrected chi connectivity index (χ2v) is 8.28. The van der Waals surface area contributed by atoms with Crippen molar-refractivity contribution < 1.29 is 9.59 Å². The summed E-state index contributed by atoms with van der Waals surface area (Å²) in [6, 6.07) is 21.6. The zero-order valence-corrected chi connectivity index (χ0v) is 17.3. The summed E-state index contributed by atoms with van der Waals surface area (Å²) in [5.74, 6) is 0.402. The standard InChI is InChI=1S/C24H24N2O2S/c1-25(24(28)22-12-7-17-29-22)21-11-6-5-10-20(21)23(27)26-15-13-19(14-16-26)18-8-3-2-4-9-18/h2-12,17,19H,13-16H2,1H3. The van der Waals surface area contributed by atoms with Gasteiger partial charge in [0, 0.05) is 20.1 Å². The van der Waals surface area contributed by atoms with Crippen LogP contribution in [0.3, 0.4) is 0 Å². The first-order valence-corrected chi connectivity index (χ1v) is 10.8. The van der Waals surface area contributed by atoms with Gasteiger partial charge in [-0.1, -0.05) is 48.5 Å². The van der Waals surface area contributed by atoms with Crippen LogP contribution in [0, 0.1) is 0 Å². The van der Waals surface area contributed by atoms with Crippen LogP contribution in [-0.4, -0.2) is 36.9 Å². The van der Waals surface area contributed by atoms with E-state index in [0.717, 1.165) is 25.9 Å². The second kappa shape index (κ2) is 8.62. The van der Waals surface area contributed by atoms with Crippen LogP contribution >= 0.6 is 11.3 Å². The molecular weight excluding hydrogens is 380 g/mol. The smallest absolute Gasteiger partial charge is 0.268 e. The quantitative estimate of drug-likeness (QED) is 0.611. The summed E-state index contributed by atoms with van der Waals surface area (Å²) in [7, 11) is 1.73. The van der Waals surface area contributed by atoms with Crippen molar-refractivity contribution in [3.63, 3.8) is 0 Å². The predicted octanol–water partition coefficient (Wildman–Crippen LogP) is 5.04. The molecule has 0 spiro atoms. The van der Waals surface area contributed by atoms with E-state index in [1.807, 2.05) is 52.7 Å². The molecule has 0 N–H and O–H groups in total. The number of para-hydroxylation sites is 1. The molecule has 1 aliphatic rings. The number of nitrogens with zero attached hydrogens (tertiary/aromatic N) is 2. The summed E-state index contributed by atoms with van der Waals surface area (Å²) >= 11 is 1.41. The van der Waals surface area contributed by atoms with Gasteiger partial charge in [0.05, 0.1) is 16.1 Å². The summed E-state index contributed by atoms with van der Waals surface area (Å²) < 4.78 is 0. The molecule has 0 saturated carbocycles. The monoisotopic (exact) mass is 404 g/mol. The number of amides is 2. The fourth-order valence-electron chi connectivity index (χ4n) is 3.93. The lowest BCUT2D eigenvalue weighted by Gasteiger charge is -2.33. The molecule has 2 heterocycles. The van der Waals surface area contributed by atoms with Crippen LogP contribution in [0.15, 0.2) is 72.1 Å². The Morgan fingerprint density at radius 3 is 2.31 bits per heavy atom. The number of rotatable bonds is 4. The van der Waals surface area contributed by atoms with Crippen molar-refractivity contribution in [2.45, 2.75) is 18.8 Å². The van der Waals surface area contributed by atoms with Crippen LogP contribution in [0.4, 0.5) is 5.69 Å². The van der Waals surface area contributed by atoms with Gasteiger partial charge in [0.15, 0.2) is 0 Å². The average Bonchev–Trinajstić information content (AvgIpc) is 3.33. The number of hydrogen-bond donors (Lipinski definition) is 0. The number of hydrogen-bond acceptors (Lipinski definition) is 3. The van der Waals surface area contributed by atoms with Crippen molar-refractivity contribution >= 4 is 28.8 Å². The Kier molecular flexibility index (Phi) is 5.76. The number of anilines is 1. The summed E-state index contributed by atoms with van der Waals surface area (Å²) in [6.45, 7) is 1.46. The van der Waals surface area contributed by atoms with Crippen molar-refractivity contribution in [2.24, 2.45) is 0 Å². The van der Waals surface area contributed by atoms with Gasteiger partial charge in [-0.25, -0.2) is 0 Å². The summed E-state index contributed by atoms with van der Waals surface area (Å²) in [4.78, 5) is 30.2. The van der Waals surface area contributed by atoms with Crippen LogP contribution in [0.5, 0.6) is 0 Å². The molecule has 0 radical (unpaired) electrons. The van der Waals surface area contributed by atoms with Crippen LogP contribution in [0.2, 0.25) is 0 Å². The van der Waals surface area contributed by atoms with E-state index in [2.05, 4.69) is 24.3 Å². The normalized spacial score (nSPS) is 14.6. The highest BCUT2D eigenvalue weighted by Crippen LogP contribution is 2.30. The molecule has 0 bridgehead atoms.